The number of nitrogens with zero attached hydrogens (tertiary/aromatic N) is 1. The quantitative estimate of drug-likeness (QED) is 0.841. The fourth-order valence-electron chi connectivity index (χ4n) is 1.57. The number of hydrogen-bond donors (Lipinski definition) is 1. The topological polar surface area (TPSA) is 84.9 Å². The number of rotatable bonds is 6. The monoisotopic (exact) mass is 302 g/mol. The Bertz CT molecular complexity index is 541. The van der Waals surface area contributed by atoms with E-state index in [0.29, 0.717) is 11.4 Å². The van der Waals surface area contributed by atoms with E-state index in [1.807, 2.05) is 0 Å². The lowest BCUT2D eigenvalue weighted by molar-refractivity contribution is 0.171. The van der Waals surface area contributed by atoms with Crippen LogP contribution in [0.4, 0.5) is 10.5 Å². The number of hydrogen-bond acceptors (Lipinski definition) is 5. The number of carbonyl (C=O) groups is 1. The molecule has 0 bridgehead atoms. The van der Waals surface area contributed by atoms with Gasteiger partial charge in [0, 0.05) is 6.54 Å². The van der Waals surface area contributed by atoms with Crippen LogP contribution in [-0.2, 0) is 14.8 Å². The van der Waals surface area contributed by atoms with Crippen LogP contribution in [0.1, 0.15) is 0 Å². The van der Waals surface area contributed by atoms with Gasteiger partial charge in [-0.2, -0.15) is 0 Å². The molecule has 0 saturated carbocycles. The Balaban J connectivity index is 2.81. The van der Waals surface area contributed by atoms with Crippen LogP contribution in [0.3, 0.4) is 0 Å². The van der Waals surface area contributed by atoms with Gasteiger partial charge in [-0.15, -0.1) is 0 Å². The first-order chi connectivity index (χ1) is 9.38. The minimum Gasteiger partial charge on any atom is -0.497 e. The Morgan fingerprint density at radius 3 is 2.30 bits per heavy atom. The van der Waals surface area contributed by atoms with E-state index in [1.54, 1.807) is 24.3 Å². The van der Waals surface area contributed by atoms with Crippen molar-refractivity contribution in [2.45, 2.75) is 0 Å². The number of sulfonamides is 1. The summed E-state index contributed by atoms with van der Waals surface area (Å²) in [7, 11) is -0.667. The lowest BCUT2D eigenvalue weighted by atomic mass is 10.3. The molecule has 1 aromatic rings. The van der Waals surface area contributed by atoms with Crippen LogP contribution >= 0.6 is 0 Å². The number of methoxy groups -OCH3 is 2. The lowest BCUT2D eigenvalue weighted by Crippen LogP contribution is -2.38. The molecule has 0 aliphatic rings. The average Bonchev–Trinajstić information content (AvgIpc) is 2.42. The molecular weight excluding hydrogens is 284 g/mol. The Labute approximate surface area is 118 Å². The lowest BCUT2D eigenvalue weighted by Gasteiger charge is -2.22. The van der Waals surface area contributed by atoms with Crippen molar-refractivity contribution >= 4 is 21.8 Å². The van der Waals surface area contributed by atoms with Crippen LogP contribution in [0.2, 0.25) is 0 Å². The first-order valence-electron chi connectivity index (χ1n) is 5.82. The van der Waals surface area contributed by atoms with Gasteiger partial charge in [-0.05, 0) is 24.3 Å². The van der Waals surface area contributed by atoms with Gasteiger partial charge >= 0.3 is 6.09 Å². The molecule has 0 aliphatic heterocycles. The van der Waals surface area contributed by atoms with Crippen LogP contribution in [-0.4, -0.2) is 48.1 Å². The summed E-state index contributed by atoms with van der Waals surface area (Å²) in [5, 5.41) is 2.44. The van der Waals surface area contributed by atoms with Crippen molar-refractivity contribution in [2.75, 3.05) is 37.9 Å². The van der Waals surface area contributed by atoms with E-state index < -0.39 is 16.1 Å². The first-order valence-corrected chi connectivity index (χ1v) is 7.67. The van der Waals surface area contributed by atoms with Crippen molar-refractivity contribution in [1.82, 2.24) is 5.32 Å². The van der Waals surface area contributed by atoms with Crippen molar-refractivity contribution < 1.29 is 22.7 Å². The molecule has 0 saturated heterocycles. The molecular formula is C12H18N2O5S. The van der Waals surface area contributed by atoms with Gasteiger partial charge in [0.25, 0.3) is 0 Å². The van der Waals surface area contributed by atoms with E-state index in [0.717, 1.165) is 6.26 Å². The minimum atomic E-state index is -3.44. The molecule has 0 atom stereocenters. The number of alkyl carbamates (subject to hydrolysis) is 1. The number of benzene rings is 1. The minimum absolute atomic E-state index is 0.111. The van der Waals surface area contributed by atoms with Crippen LogP contribution in [0.5, 0.6) is 5.75 Å². The van der Waals surface area contributed by atoms with Gasteiger partial charge in [0.2, 0.25) is 10.0 Å². The Kier molecular flexibility index (Phi) is 5.63. The third-order valence-electron chi connectivity index (χ3n) is 2.53. The molecule has 0 aliphatic carbocycles. The van der Waals surface area contributed by atoms with Crippen molar-refractivity contribution in [3.05, 3.63) is 24.3 Å². The molecule has 1 aromatic carbocycles. The van der Waals surface area contributed by atoms with Gasteiger partial charge in [-0.3, -0.25) is 4.31 Å². The number of carbonyl (C=O) groups excluding carboxylic acids is 1. The zero-order valence-corrected chi connectivity index (χ0v) is 12.4. The molecule has 8 heteroatoms. The molecule has 0 radical (unpaired) electrons. The Morgan fingerprint density at radius 2 is 1.85 bits per heavy atom. The molecule has 1 rings (SSSR count). The standard InChI is InChI=1S/C12H18N2O5S/c1-18-11-6-4-10(5-7-11)14(20(3,16)17)9-8-13-12(15)19-2/h4-7H,8-9H2,1-3H3,(H,13,15). The summed E-state index contributed by atoms with van der Waals surface area (Å²) in [6, 6.07) is 6.61. The molecule has 0 unspecified atom stereocenters. The highest BCUT2D eigenvalue weighted by molar-refractivity contribution is 7.92. The van der Waals surface area contributed by atoms with E-state index >= 15 is 0 Å². The second-order valence-corrected chi connectivity index (χ2v) is 5.86. The first kappa shape index (κ1) is 16.1. The molecule has 0 heterocycles. The molecule has 0 spiro atoms. The third kappa shape index (κ3) is 4.61. The van der Waals surface area contributed by atoms with E-state index in [4.69, 9.17) is 4.74 Å². The highest BCUT2D eigenvalue weighted by atomic mass is 32.2. The normalized spacial score (nSPS) is 10.8. The summed E-state index contributed by atoms with van der Waals surface area (Å²) in [6.45, 7) is 0.256. The van der Waals surface area contributed by atoms with Gasteiger partial charge in [0.1, 0.15) is 5.75 Å². The molecule has 1 amide bonds. The van der Waals surface area contributed by atoms with Gasteiger partial charge in [0.15, 0.2) is 0 Å². The molecule has 0 aromatic heterocycles. The van der Waals surface area contributed by atoms with Crippen LogP contribution < -0.4 is 14.4 Å². The fourth-order valence-corrected chi connectivity index (χ4v) is 2.49. The van der Waals surface area contributed by atoms with Crippen molar-refractivity contribution in [3.63, 3.8) is 0 Å². The summed E-state index contributed by atoms with van der Waals surface area (Å²) >= 11 is 0. The van der Waals surface area contributed by atoms with Gasteiger partial charge in [0.05, 0.1) is 32.7 Å². The summed E-state index contributed by atoms with van der Waals surface area (Å²) < 4.78 is 34.2. The van der Waals surface area contributed by atoms with E-state index in [-0.39, 0.29) is 13.1 Å². The smallest absolute Gasteiger partial charge is 0.406 e. The molecule has 1 N–H and O–H groups in total. The fraction of sp³-hybridized carbons (Fsp3) is 0.417. The third-order valence-corrected chi connectivity index (χ3v) is 3.72. The summed E-state index contributed by atoms with van der Waals surface area (Å²) in [6.07, 6.45) is 0.503. The van der Waals surface area contributed by atoms with Crippen LogP contribution in [0, 0.1) is 0 Å². The van der Waals surface area contributed by atoms with E-state index in [2.05, 4.69) is 10.1 Å². The van der Waals surface area contributed by atoms with Gasteiger partial charge in [-0.1, -0.05) is 0 Å². The van der Waals surface area contributed by atoms with Gasteiger partial charge in [-0.25, -0.2) is 13.2 Å². The maximum Gasteiger partial charge on any atom is 0.406 e. The number of ether oxygens (including phenoxy) is 2. The molecule has 20 heavy (non-hydrogen) atoms. The highest BCUT2D eigenvalue weighted by Crippen LogP contribution is 2.20. The van der Waals surface area contributed by atoms with Crippen molar-refractivity contribution in [3.8, 4) is 5.75 Å². The van der Waals surface area contributed by atoms with Crippen LogP contribution in [0.25, 0.3) is 0 Å². The summed E-state index contributed by atoms with van der Waals surface area (Å²) in [5.41, 5.74) is 0.500. The summed E-state index contributed by atoms with van der Waals surface area (Å²) in [4.78, 5) is 10.9. The number of amides is 1. The zero-order valence-electron chi connectivity index (χ0n) is 11.6. The van der Waals surface area contributed by atoms with E-state index in [1.165, 1.54) is 18.5 Å². The van der Waals surface area contributed by atoms with Crippen molar-refractivity contribution in [2.24, 2.45) is 0 Å². The highest BCUT2D eigenvalue weighted by Gasteiger charge is 2.17. The second kappa shape index (κ2) is 6.99. The average molecular weight is 302 g/mol. The molecule has 0 fully saturated rings. The summed E-state index contributed by atoms with van der Waals surface area (Å²) in [5.74, 6) is 0.634. The Morgan fingerprint density at radius 1 is 1.25 bits per heavy atom. The predicted molar refractivity (Wildman–Crippen MR) is 75.6 cm³/mol. The maximum atomic E-state index is 11.8. The van der Waals surface area contributed by atoms with Crippen LogP contribution in [0.15, 0.2) is 24.3 Å². The maximum absolute atomic E-state index is 11.8. The van der Waals surface area contributed by atoms with Crippen molar-refractivity contribution in [1.29, 1.82) is 0 Å². The predicted octanol–water partition coefficient (Wildman–Crippen LogP) is 0.817. The molecule has 112 valence electrons. The molecule has 7 nitrogen and oxygen atoms in total. The second-order valence-electron chi connectivity index (χ2n) is 3.95. The van der Waals surface area contributed by atoms with E-state index in [9.17, 15) is 13.2 Å². The zero-order chi connectivity index (χ0) is 15.2. The largest absolute Gasteiger partial charge is 0.497 e. The number of anilines is 1. The SMILES string of the molecule is COC(=O)NCCN(c1ccc(OC)cc1)S(C)(=O)=O. The Hall–Kier alpha value is -1.96. The van der Waals surface area contributed by atoms with Gasteiger partial charge < -0.3 is 14.8 Å². The number of nitrogens with one attached hydrogen (secondary N) is 1.